The van der Waals surface area contributed by atoms with E-state index in [4.69, 9.17) is 9.47 Å². The second kappa shape index (κ2) is 9.89. The van der Waals surface area contributed by atoms with Gasteiger partial charge >= 0.3 is 18.1 Å². The first-order valence-corrected chi connectivity index (χ1v) is 8.46. The van der Waals surface area contributed by atoms with Crippen LogP contribution in [0.4, 0.5) is 13.2 Å². The molecule has 0 N–H and O–H groups in total. The number of hydrogen-bond acceptors (Lipinski definition) is 5. The van der Waals surface area contributed by atoms with E-state index in [0.29, 0.717) is 5.56 Å². The van der Waals surface area contributed by atoms with Crippen molar-refractivity contribution in [3.8, 4) is 0 Å². The summed E-state index contributed by atoms with van der Waals surface area (Å²) in [6, 6.07) is 13.2. The smallest absolute Gasteiger partial charge is 0.416 e. The fourth-order valence-corrected chi connectivity index (χ4v) is 2.43. The van der Waals surface area contributed by atoms with Gasteiger partial charge in [-0.2, -0.15) is 13.2 Å². The summed E-state index contributed by atoms with van der Waals surface area (Å²) >= 11 is 0. The highest BCUT2D eigenvalue weighted by molar-refractivity contribution is 5.77. The van der Waals surface area contributed by atoms with Crippen LogP contribution in [-0.2, 0) is 30.0 Å². The molecule has 8 heteroatoms. The largest absolute Gasteiger partial charge is 0.463 e. The Labute approximate surface area is 160 Å². The lowest BCUT2D eigenvalue weighted by Gasteiger charge is -2.20. The van der Waals surface area contributed by atoms with Crippen molar-refractivity contribution in [2.75, 3.05) is 19.8 Å². The molecule has 28 heavy (non-hydrogen) atoms. The van der Waals surface area contributed by atoms with Crippen LogP contribution >= 0.6 is 0 Å². The van der Waals surface area contributed by atoms with Crippen LogP contribution in [-0.4, -0.2) is 31.8 Å². The first-order valence-electron chi connectivity index (χ1n) is 8.46. The van der Waals surface area contributed by atoms with E-state index in [9.17, 15) is 22.8 Å². The normalized spacial score (nSPS) is 12.3. The Kier molecular flexibility index (Phi) is 7.57. The lowest BCUT2D eigenvalue weighted by atomic mass is 9.99. The van der Waals surface area contributed by atoms with E-state index in [2.05, 4.69) is 4.74 Å². The maximum Gasteiger partial charge on any atom is 0.416 e. The molecule has 0 bridgehead atoms. The monoisotopic (exact) mass is 396 g/mol. The number of ether oxygens (including phenoxy) is 3. The van der Waals surface area contributed by atoms with Gasteiger partial charge in [0.25, 0.3) is 0 Å². The number of hydrogen-bond donors (Lipinski definition) is 0. The van der Waals surface area contributed by atoms with Gasteiger partial charge < -0.3 is 14.2 Å². The van der Waals surface area contributed by atoms with Crippen LogP contribution in [0.1, 0.15) is 29.7 Å². The molecule has 2 aromatic carbocycles. The first kappa shape index (κ1) is 21.4. The quantitative estimate of drug-likeness (QED) is 0.633. The molecule has 0 saturated heterocycles. The first-order chi connectivity index (χ1) is 13.3. The number of carbonyl (C=O) groups excluding carboxylic acids is 2. The molecule has 1 atom stereocenters. The van der Waals surface area contributed by atoms with Crippen LogP contribution in [0.15, 0.2) is 54.6 Å². The fraction of sp³-hybridized carbons (Fsp3) is 0.300. The predicted octanol–water partition coefficient (Wildman–Crippen LogP) is 3.92. The molecule has 0 aliphatic rings. The Morgan fingerprint density at radius 2 is 1.54 bits per heavy atom. The summed E-state index contributed by atoms with van der Waals surface area (Å²) in [4.78, 5) is 23.0. The number of alkyl halides is 3. The van der Waals surface area contributed by atoms with E-state index in [1.54, 1.807) is 37.3 Å². The van der Waals surface area contributed by atoms with Crippen LogP contribution in [0.5, 0.6) is 0 Å². The number of rotatable bonds is 8. The molecule has 0 heterocycles. The summed E-state index contributed by atoms with van der Waals surface area (Å²) in [5.41, 5.74) is -0.0151. The molecule has 1 unspecified atom stereocenters. The van der Waals surface area contributed by atoms with Crippen LogP contribution in [0.25, 0.3) is 0 Å². The minimum Gasteiger partial charge on any atom is -0.463 e. The highest BCUT2D eigenvalue weighted by Gasteiger charge is 2.31. The van der Waals surface area contributed by atoms with Crippen LogP contribution in [0, 0.1) is 0 Å². The zero-order chi connectivity index (χ0) is 20.6. The van der Waals surface area contributed by atoms with Gasteiger partial charge in [-0.25, -0.2) is 9.59 Å². The van der Waals surface area contributed by atoms with Crippen LogP contribution < -0.4 is 0 Å². The van der Waals surface area contributed by atoms with Gasteiger partial charge in [-0.15, -0.1) is 0 Å². The number of halogens is 3. The van der Waals surface area contributed by atoms with E-state index < -0.39 is 43.0 Å². The van der Waals surface area contributed by atoms with Crippen molar-refractivity contribution >= 4 is 11.9 Å². The van der Waals surface area contributed by atoms with Gasteiger partial charge in [-0.1, -0.05) is 42.5 Å². The molecule has 0 aliphatic heterocycles. The lowest BCUT2D eigenvalue weighted by molar-refractivity contribution is -0.162. The molecular weight excluding hydrogens is 377 g/mol. The average molecular weight is 396 g/mol. The van der Waals surface area contributed by atoms with E-state index >= 15 is 0 Å². The molecule has 2 rings (SSSR count). The SMILES string of the molecule is CCOC(=O)COC(=O)COC(c1ccccc1)c1cccc(C(F)(F)F)c1. The second-order valence-electron chi connectivity index (χ2n) is 5.69. The summed E-state index contributed by atoms with van der Waals surface area (Å²) in [6.07, 6.45) is -5.42. The Hall–Kier alpha value is -2.87. The Morgan fingerprint density at radius 3 is 2.18 bits per heavy atom. The van der Waals surface area contributed by atoms with Crippen molar-refractivity contribution in [3.05, 3.63) is 71.3 Å². The van der Waals surface area contributed by atoms with Crippen LogP contribution in [0.3, 0.4) is 0 Å². The maximum atomic E-state index is 13.0. The molecule has 2 aromatic rings. The van der Waals surface area contributed by atoms with Crippen molar-refractivity contribution in [2.45, 2.75) is 19.2 Å². The molecule has 0 radical (unpaired) electrons. The topological polar surface area (TPSA) is 61.8 Å². The van der Waals surface area contributed by atoms with Gasteiger partial charge in [-0.3, -0.25) is 0 Å². The van der Waals surface area contributed by atoms with E-state index in [-0.39, 0.29) is 12.2 Å². The third kappa shape index (κ3) is 6.38. The third-order valence-electron chi connectivity index (χ3n) is 3.64. The molecule has 5 nitrogen and oxygen atoms in total. The van der Waals surface area contributed by atoms with Gasteiger partial charge in [0.05, 0.1) is 12.2 Å². The molecule has 0 saturated carbocycles. The summed E-state index contributed by atoms with van der Waals surface area (Å²) in [5, 5.41) is 0. The number of benzene rings is 2. The summed E-state index contributed by atoms with van der Waals surface area (Å²) < 4.78 is 54.0. The maximum absolute atomic E-state index is 13.0. The molecular formula is C20H19F3O5. The van der Waals surface area contributed by atoms with Gasteiger partial charge in [0.15, 0.2) is 6.61 Å². The predicted molar refractivity (Wildman–Crippen MR) is 93.3 cm³/mol. The van der Waals surface area contributed by atoms with Crippen molar-refractivity contribution in [3.63, 3.8) is 0 Å². The Bertz CT molecular complexity index is 790. The number of esters is 2. The highest BCUT2D eigenvalue weighted by atomic mass is 19.4. The summed E-state index contributed by atoms with van der Waals surface area (Å²) in [6.45, 7) is 0.658. The zero-order valence-electron chi connectivity index (χ0n) is 15.1. The third-order valence-corrected chi connectivity index (χ3v) is 3.64. The molecule has 0 aromatic heterocycles. The van der Waals surface area contributed by atoms with E-state index in [1.165, 1.54) is 12.1 Å². The van der Waals surface area contributed by atoms with Gasteiger partial charge in [0.1, 0.15) is 12.7 Å². The Balaban J connectivity index is 2.14. The molecule has 0 fully saturated rings. The lowest BCUT2D eigenvalue weighted by Crippen LogP contribution is -2.21. The molecule has 0 spiro atoms. The molecule has 0 amide bonds. The standard InChI is InChI=1S/C20H19F3O5/c1-2-26-17(24)12-27-18(25)13-28-19(14-7-4-3-5-8-14)15-9-6-10-16(11-15)20(21,22)23/h3-11,19H,2,12-13H2,1H3. The zero-order valence-corrected chi connectivity index (χ0v) is 15.1. The second-order valence-corrected chi connectivity index (χ2v) is 5.69. The molecule has 150 valence electrons. The van der Waals surface area contributed by atoms with Gasteiger partial charge in [-0.05, 0) is 30.2 Å². The van der Waals surface area contributed by atoms with Gasteiger partial charge in [0, 0.05) is 0 Å². The Morgan fingerprint density at radius 1 is 0.893 bits per heavy atom. The van der Waals surface area contributed by atoms with E-state index in [1.807, 2.05) is 0 Å². The van der Waals surface area contributed by atoms with E-state index in [0.717, 1.165) is 12.1 Å². The van der Waals surface area contributed by atoms with Crippen LogP contribution in [0.2, 0.25) is 0 Å². The number of carbonyl (C=O) groups is 2. The van der Waals surface area contributed by atoms with Crippen molar-refractivity contribution in [2.24, 2.45) is 0 Å². The minimum absolute atomic E-state index is 0.151. The highest BCUT2D eigenvalue weighted by Crippen LogP contribution is 2.33. The fourth-order valence-electron chi connectivity index (χ4n) is 2.43. The van der Waals surface area contributed by atoms with Crippen molar-refractivity contribution in [1.82, 2.24) is 0 Å². The summed E-state index contributed by atoms with van der Waals surface area (Å²) in [5.74, 6) is -1.53. The molecule has 0 aliphatic carbocycles. The minimum atomic E-state index is -4.50. The van der Waals surface area contributed by atoms with Crippen molar-refractivity contribution < 1.29 is 37.0 Å². The average Bonchev–Trinajstić information content (AvgIpc) is 2.67. The van der Waals surface area contributed by atoms with Gasteiger partial charge in [0.2, 0.25) is 0 Å². The summed E-state index contributed by atoms with van der Waals surface area (Å²) in [7, 11) is 0. The van der Waals surface area contributed by atoms with Crippen molar-refractivity contribution in [1.29, 1.82) is 0 Å².